The molecule has 0 radical (unpaired) electrons. The van der Waals surface area contributed by atoms with E-state index in [2.05, 4.69) is 0 Å². The molecule has 1 unspecified atom stereocenters. The number of hydrogen-bond donors (Lipinski definition) is 0. The third-order valence-corrected chi connectivity index (χ3v) is 3.56. The van der Waals surface area contributed by atoms with Gasteiger partial charge in [-0.2, -0.15) is 8.78 Å². The fourth-order valence-electron chi connectivity index (χ4n) is 2.40. The van der Waals surface area contributed by atoms with E-state index in [0.717, 1.165) is 19.3 Å². The van der Waals surface area contributed by atoms with Gasteiger partial charge in [0.1, 0.15) is 5.97 Å². The molecule has 1 aliphatic carbocycles. The molecule has 1 atom stereocenters. The maximum absolute atomic E-state index is 13.6. The van der Waals surface area contributed by atoms with Crippen LogP contribution in [0.3, 0.4) is 0 Å². The standard InChI is InChI=1S/C14H22F2O4/c1-9(2)8-11(14(15,16)13(18)19)20-12(17)10-6-4-3-5-7-10/h9-11H,3-8H2,1-2H3,(H,18,19)/p-1. The Hall–Kier alpha value is -1.20. The molecule has 0 aromatic heterocycles. The number of carboxylic acids is 1. The second kappa shape index (κ2) is 6.99. The summed E-state index contributed by atoms with van der Waals surface area (Å²) in [6.45, 7) is 3.32. The predicted octanol–water partition coefficient (Wildman–Crippen LogP) is 1.91. The summed E-state index contributed by atoms with van der Waals surface area (Å²) in [5.74, 6) is -7.98. The Morgan fingerprint density at radius 2 is 1.80 bits per heavy atom. The summed E-state index contributed by atoms with van der Waals surface area (Å²) < 4.78 is 31.9. The minimum Gasteiger partial charge on any atom is -0.544 e. The second-order valence-electron chi connectivity index (χ2n) is 5.80. The van der Waals surface area contributed by atoms with Crippen molar-refractivity contribution in [3.05, 3.63) is 0 Å². The molecule has 1 saturated carbocycles. The molecule has 0 N–H and O–H groups in total. The Morgan fingerprint density at radius 1 is 1.25 bits per heavy atom. The highest BCUT2D eigenvalue weighted by Crippen LogP contribution is 2.30. The number of halogens is 2. The molecule has 0 aromatic rings. The molecule has 0 saturated heterocycles. The van der Waals surface area contributed by atoms with Crippen molar-refractivity contribution in [1.29, 1.82) is 0 Å². The van der Waals surface area contributed by atoms with E-state index in [-0.39, 0.29) is 12.3 Å². The molecule has 20 heavy (non-hydrogen) atoms. The van der Waals surface area contributed by atoms with Crippen LogP contribution in [0.5, 0.6) is 0 Å². The topological polar surface area (TPSA) is 66.4 Å². The van der Waals surface area contributed by atoms with Crippen LogP contribution in [0, 0.1) is 11.8 Å². The molecule has 1 aliphatic rings. The Balaban J connectivity index is 2.73. The van der Waals surface area contributed by atoms with E-state index in [9.17, 15) is 23.5 Å². The van der Waals surface area contributed by atoms with Gasteiger partial charge < -0.3 is 14.6 Å². The minimum absolute atomic E-state index is 0.209. The zero-order chi connectivity index (χ0) is 15.3. The number of carbonyl (C=O) groups is 2. The first kappa shape index (κ1) is 16.9. The SMILES string of the molecule is CC(C)CC(OC(=O)C1CCCCC1)C(F)(F)C(=O)[O-]. The van der Waals surface area contributed by atoms with Gasteiger partial charge in [0.05, 0.1) is 5.92 Å². The first-order valence-corrected chi connectivity index (χ1v) is 7.05. The molecule has 0 bridgehead atoms. The lowest BCUT2D eigenvalue weighted by molar-refractivity contribution is -0.336. The van der Waals surface area contributed by atoms with Gasteiger partial charge in [0.2, 0.25) is 0 Å². The van der Waals surface area contributed by atoms with Crippen LogP contribution in [0.15, 0.2) is 0 Å². The summed E-state index contributed by atoms with van der Waals surface area (Å²) in [7, 11) is 0. The lowest BCUT2D eigenvalue weighted by atomic mass is 9.89. The van der Waals surface area contributed by atoms with Crippen LogP contribution in [0.1, 0.15) is 52.4 Å². The number of hydrogen-bond acceptors (Lipinski definition) is 4. The number of rotatable bonds is 6. The van der Waals surface area contributed by atoms with Crippen LogP contribution in [-0.2, 0) is 14.3 Å². The fourth-order valence-corrected chi connectivity index (χ4v) is 2.40. The molecule has 0 heterocycles. The van der Waals surface area contributed by atoms with Crippen molar-refractivity contribution < 1.29 is 28.2 Å². The third-order valence-electron chi connectivity index (χ3n) is 3.56. The molecule has 1 rings (SSSR count). The van der Waals surface area contributed by atoms with Crippen LogP contribution in [-0.4, -0.2) is 24.0 Å². The summed E-state index contributed by atoms with van der Waals surface area (Å²) in [6.07, 6.45) is 1.82. The zero-order valence-corrected chi connectivity index (χ0v) is 11.9. The summed E-state index contributed by atoms with van der Waals surface area (Å²) in [6, 6.07) is 0. The molecule has 0 aromatic carbocycles. The average molecular weight is 291 g/mol. The molecule has 1 fully saturated rings. The second-order valence-corrected chi connectivity index (χ2v) is 5.80. The average Bonchev–Trinajstić information content (AvgIpc) is 2.38. The van der Waals surface area contributed by atoms with Crippen molar-refractivity contribution in [2.24, 2.45) is 11.8 Å². The first-order valence-electron chi connectivity index (χ1n) is 7.05. The molecular weight excluding hydrogens is 270 g/mol. The third kappa shape index (κ3) is 4.42. The van der Waals surface area contributed by atoms with Crippen LogP contribution in [0.25, 0.3) is 0 Å². The summed E-state index contributed by atoms with van der Waals surface area (Å²) in [5.41, 5.74) is 0. The number of carbonyl (C=O) groups excluding carboxylic acids is 2. The normalized spacial score (nSPS) is 18.9. The summed E-state index contributed by atoms with van der Waals surface area (Å²) >= 11 is 0. The van der Waals surface area contributed by atoms with E-state index in [1.165, 1.54) is 0 Å². The molecule has 0 spiro atoms. The maximum atomic E-state index is 13.6. The number of carboxylic acid groups (broad SMARTS) is 1. The number of esters is 1. The van der Waals surface area contributed by atoms with Gasteiger partial charge in [-0.15, -0.1) is 0 Å². The number of aliphatic carboxylic acids is 1. The van der Waals surface area contributed by atoms with E-state index in [4.69, 9.17) is 4.74 Å². The van der Waals surface area contributed by atoms with Gasteiger partial charge in [-0.3, -0.25) is 4.79 Å². The Bertz CT molecular complexity index is 349. The summed E-state index contributed by atoms with van der Waals surface area (Å²) in [4.78, 5) is 22.4. The fraction of sp³-hybridized carbons (Fsp3) is 0.857. The van der Waals surface area contributed by atoms with Crippen molar-refractivity contribution in [3.63, 3.8) is 0 Å². The van der Waals surface area contributed by atoms with Gasteiger partial charge in [-0.25, -0.2) is 0 Å². The van der Waals surface area contributed by atoms with Crippen molar-refractivity contribution in [2.45, 2.75) is 64.4 Å². The van der Waals surface area contributed by atoms with E-state index in [0.29, 0.717) is 12.8 Å². The summed E-state index contributed by atoms with van der Waals surface area (Å²) in [5, 5.41) is 10.5. The molecular formula is C14H21F2O4-. The smallest absolute Gasteiger partial charge is 0.323 e. The van der Waals surface area contributed by atoms with Crippen molar-refractivity contribution >= 4 is 11.9 Å². The highest BCUT2D eigenvalue weighted by atomic mass is 19.3. The highest BCUT2D eigenvalue weighted by molar-refractivity contribution is 5.76. The quantitative estimate of drug-likeness (QED) is 0.701. The largest absolute Gasteiger partial charge is 0.544 e. The molecule has 116 valence electrons. The lowest BCUT2D eigenvalue weighted by Gasteiger charge is -2.30. The minimum atomic E-state index is -4.16. The van der Waals surface area contributed by atoms with Gasteiger partial charge >= 0.3 is 11.9 Å². The Kier molecular flexibility index (Phi) is 5.89. The molecule has 0 aliphatic heterocycles. The van der Waals surface area contributed by atoms with Gasteiger partial charge in [-0.05, 0) is 25.2 Å². The number of alkyl halides is 2. The Morgan fingerprint density at radius 3 is 2.25 bits per heavy atom. The van der Waals surface area contributed by atoms with Crippen LogP contribution in [0.2, 0.25) is 0 Å². The van der Waals surface area contributed by atoms with Gasteiger partial charge in [0.25, 0.3) is 0 Å². The predicted molar refractivity (Wildman–Crippen MR) is 65.9 cm³/mol. The highest BCUT2D eigenvalue weighted by Gasteiger charge is 2.45. The van der Waals surface area contributed by atoms with Crippen molar-refractivity contribution in [1.82, 2.24) is 0 Å². The van der Waals surface area contributed by atoms with Crippen molar-refractivity contribution in [2.75, 3.05) is 0 Å². The monoisotopic (exact) mass is 291 g/mol. The maximum Gasteiger partial charge on any atom is 0.323 e. The lowest BCUT2D eigenvalue weighted by Crippen LogP contribution is -2.52. The molecule has 0 amide bonds. The zero-order valence-electron chi connectivity index (χ0n) is 11.9. The Labute approximate surface area is 117 Å². The van der Waals surface area contributed by atoms with Crippen LogP contribution >= 0.6 is 0 Å². The number of ether oxygens (including phenoxy) is 1. The first-order chi connectivity index (χ1) is 9.25. The van der Waals surface area contributed by atoms with E-state index in [1.54, 1.807) is 13.8 Å². The van der Waals surface area contributed by atoms with Crippen LogP contribution < -0.4 is 5.11 Å². The van der Waals surface area contributed by atoms with E-state index >= 15 is 0 Å². The van der Waals surface area contributed by atoms with E-state index < -0.39 is 29.9 Å². The van der Waals surface area contributed by atoms with E-state index in [1.807, 2.05) is 0 Å². The molecule has 4 nitrogen and oxygen atoms in total. The van der Waals surface area contributed by atoms with Gasteiger partial charge in [0, 0.05) is 0 Å². The van der Waals surface area contributed by atoms with Gasteiger partial charge in [0.15, 0.2) is 6.10 Å². The van der Waals surface area contributed by atoms with Gasteiger partial charge in [-0.1, -0.05) is 33.1 Å². The van der Waals surface area contributed by atoms with Crippen LogP contribution in [0.4, 0.5) is 8.78 Å². The van der Waals surface area contributed by atoms with Crippen molar-refractivity contribution in [3.8, 4) is 0 Å². The molecule has 6 heteroatoms.